The third-order valence-corrected chi connectivity index (χ3v) is 7.83. The van der Waals surface area contributed by atoms with Crippen LogP contribution >= 0.6 is 0 Å². The number of ketones is 1. The monoisotopic (exact) mass is 668 g/mol. The van der Waals surface area contributed by atoms with Crippen molar-refractivity contribution in [2.45, 2.75) is 32.0 Å². The van der Waals surface area contributed by atoms with E-state index in [0.717, 1.165) is 6.92 Å². The first kappa shape index (κ1) is 32.8. The van der Waals surface area contributed by atoms with Gasteiger partial charge in [-0.2, -0.15) is 0 Å². The van der Waals surface area contributed by atoms with Gasteiger partial charge in [-0.15, -0.1) is 0 Å². The average molecular weight is 669 g/mol. The first-order valence-corrected chi connectivity index (χ1v) is 15.2. The van der Waals surface area contributed by atoms with Crippen LogP contribution < -0.4 is 21.3 Å². The number of rotatable bonds is 10. The molecule has 1 unspecified atom stereocenters. The average Bonchev–Trinajstić information content (AvgIpc) is 3.52. The molecule has 250 valence electrons. The number of halogens is 1. The Morgan fingerprint density at radius 2 is 1.76 bits per heavy atom. The number of amides is 2. The van der Waals surface area contributed by atoms with Crippen molar-refractivity contribution in [1.29, 1.82) is 0 Å². The molecule has 2 amide bonds. The Kier molecular flexibility index (Phi) is 9.31. The first-order valence-electron chi connectivity index (χ1n) is 15.2. The molecule has 3 heterocycles. The van der Waals surface area contributed by atoms with Crippen LogP contribution in [0.3, 0.4) is 0 Å². The first-order chi connectivity index (χ1) is 23.6. The van der Waals surface area contributed by atoms with Crippen molar-refractivity contribution >= 4 is 40.2 Å². The van der Waals surface area contributed by atoms with Crippen molar-refractivity contribution < 1.29 is 42.3 Å². The second-order valence-corrected chi connectivity index (χ2v) is 11.1. The Balaban J connectivity index is 1.26. The van der Waals surface area contributed by atoms with E-state index < -0.39 is 41.0 Å². The maximum atomic E-state index is 14.7. The maximum absolute atomic E-state index is 14.7. The topological polar surface area (TPSA) is 182 Å². The summed E-state index contributed by atoms with van der Waals surface area (Å²) in [5, 5.41) is 6.77. The summed E-state index contributed by atoms with van der Waals surface area (Å²) in [5.41, 5.74) is 5.10. The number of carbonyl (C=O) groups is 4. The largest absolute Gasteiger partial charge is 0.487 e. The third kappa shape index (κ3) is 6.94. The molecule has 0 spiro atoms. The number of anilines is 1. The molecule has 49 heavy (non-hydrogen) atoms. The van der Waals surface area contributed by atoms with Crippen LogP contribution in [0.1, 0.15) is 57.8 Å². The van der Waals surface area contributed by atoms with Gasteiger partial charge in [0.25, 0.3) is 11.5 Å². The molecule has 5 aromatic rings. The van der Waals surface area contributed by atoms with Gasteiger partial charge in [-0.3, -0.25) is 28.5 Å². The Bertz CT molecular complexity index is 2150. The van der Waals surface area contributed by atoms with Crippen LogP contribution in [-0.4, -0.2) is 52.6 Å². The van der Waals surface area contributed by atoms with Gasteiger partial charge in [0, 0.05) is 49.3 Å². The normalized spacial score (nSPS) is 13.8. The molecule has 1 atom stereocenters. The van der Waals surface area contributed by atoms with Crippen LogP contribution in [0.5, 0.6) is 5.75 Å². The third-order valence-electron chi connectivity index (χ3n) is 7.83. The number of nitrogens with one attached hydrogen (secondary N) is 1. The Morgan fingerprint density at radius 1 is 1.00 bits per heavy atom. The van der Waals surface area contributed by atoms with Gasteiger partial charge in [-0.25, -0.2) is 4.39 Å². The number of pyridine rings is 1. The summed E-state index contributed by atoms with van der Waals surface area (Å²) in [6.07, 6.45) is 0.682. The smallest absolute Gasteiger partial charge is 0.303 e. The lowest BCUT2D eigenvalue weighted by molar-refractivity contribution is -0.152. The standard InChI is InChI=1S/C35H29FN4O9/c1-19(41)47-32(26-7-4-14-40(35(26)45)21-9-11-27(36)29(18-21)48-22-12-15-46-16-13-22)34(44)38-20-8-10-25-28(17-20)49-39-30(25)31(42)23-5-2-3-6-24(23)33(37)43/h2-11,14,17-18,22,32H,12-13,15-16H2,1H3,(H2,37,43)(H,38,44). The number of nitrogens with zero attached hydrogens (tertiary/aromatic N) is 2. The second-order valence-electron chi connectivity index (χ2n) is 11.1. The summed E-state index contributed by atoms with van der Waals surface area (Å²) >= 11 is 0. The molecule has 6 rings (SSSR count). The van der Waals surface area contributed by atoms with Crippen LogP contribution in [-0.2, 0) is 19.1 Å². The highest BCUT2D eigenvalue weighted by molar-refractivity contribution is 6.18. The lowest BCUT2D eigenvalue weighted by Crippen LogP contribution is -2.32. The molecule has 2 aromatic heterocycles. The zero-order valence-corrected chi connectivity index (χ0v) is 26.0. The Labute approximate surface area is 277 Å². The number of fused-ring (bicyclic) bond motifs is 1. The highest BCUT2D eigenvalue weighted by Gasteiger charge is 2.29. The quantitative estimate of drug-likeness (QED) is 0.161. The molecule has 1 saturated heterocycles. The Morgan fingerprint density at radius 3 is 2.49 bits per heavy atom. The van der Waals surface area contributed by atoms with Gasteiger partial charge in [0.05, 0.1) is 35.4 Å². The van der Waals surface area contributed by atoms with E-state index in [1.165, 1.54) is 71.4 Å². The summed E-state index contributed by atoms with van der Waals surface area (Å²) in [5.74, 6) is -3.71. The minimum Gasteiger partial charge on any atom is -0.487 e. The molecule has 0 bridgehead atoms. The number of hydrogen-bond acceptors (Lipinski definition) is 10. The molecule has 0 aliphatic carbocycles. The number of esters is 1. The molecule has 1 aliphatic rings. The Hall–Kier alpha value is -6.15. The number of ether oxygens (including phenoxy) is 3. The predicted octanol–water partition coefficient (Wildman–Crippen LogP) is 4.25. The number of primary amides is 1. The lowest BCUT2D eigenvalue weighted by Gasteiger charge is -2.24. The summed E-state index contributed by atoms with van der Waals surface area (Å²) in [6, 6.07) is 17.1. The molecule has 13 nitrogen and oxygen atoms in total. The number of carbonyl (C=O) groups excluding carboxylic acids is 4. The van der Waals surface area contributed by atoms with Gasteiger partial charge in [-0.1, -0.05) is 23.4 Å². The van der Waals surface area contributed by atoms with E-state index in [0.29, 0.717) is 31.4 Å². The van der Waals surface area contributed by atoms with Crippen molar-refractivity contribution in [3.63, 3.8) is 0 Å². The maximum Gasteiger partial charge on any atom is 0.303 e. The van der Waals surface area contributed by atoms with E-state index in [9.17, 15) is 28.4 Å². The minimum atomic E-state index is -1.68. The summed E-state index contributed by atoms with van der Waals surface area (Å²) in [7, 11) is 0. The molecule has 1 aliphatic heterocycles. The van der Waals surface area contributed by atoms with Crippen LogP contribution in [0.2, 0.25) is 0 Å². The zero-order chi connectivity index (χ0) is 34.7. The van der Waals surface area contributed by atoms with Crippen molar-refractivity contribution in [2.24, 2.45) is 5.73 Å². The molecule has 1 fully saturated rings. The molecule has 0 radical (unpaired) electrons. The van der Waals surface area contributed by atoms with Crippen LogP contribution in [0, 0.1) is 5.82 Å². The molecular formula is C35H29FN4O9. The van der Waals surface area contributed by atoms with Gasteiger partial charge in [0.15, 0.2) is 22.8 Å². The fourth-order valence-corrected chi connectivity index (χ4v) is 5.45. The van der Waals surface area contributed by atoms with Gasteiger partial charge >= 0.3 is 5.97 Å². The SMILES string of the molecule is CC(=O)OC(C(=O)Nc1ccc2c(C(=O)c3ccccc3C(N)=O)noc2c1)c1cccn(-c2ccc(F)c(OC3CCOCC3)c2)c1=O. The van der Waals surface area contributed by atoms with E-state index in [1.54, 1.807) is 12.1 Å². The fraction of sp³-hybridized carbons (Fsp3) is 0.200. The van der Waals surface area contributed by atoms with Crippen LogP contribution in [0.25, 0.3) is 16.7 Å². The number of benzene rings is 3. The van der Waals surface area contributed by atoms with Crippen LogP contribution in [0.15, 0.2) is 88.3 Å². The number of aromatic nitrogens is 2. The lowest BCUT2D eigenvalue weighted by atomic mass is 9.99. The fourth-order valence-electron chi connectivity index (χ4n) is 5.45. The molecular weight excluding hydrogens is 639 g/mol. The van der Waals surface area contributed by atoms with Gasteiger partial charge < -0.3 is 29.8 Å². The van der Waals surface area contributed by atoms with Gasteiger partial charge in [0.2, 0.25) is 17.8 Å². The summed E-state index contributed by atoms with van der Waals surface area (Å²) in [6.45, 7) is 2.08. The minimum absolute atomic E-state index is 0.0206. The van der Waals surface area contributed by atoms with E-state index in [-0.39, 0.29) is 51.2 Å². The summed E-state index contributed by atoms with van der Waals surface area (Å²) < 4.78 is 37.7. The number of hydrogen-bond donors (Lipinski definition) is 2. The van der Waals surface area contributed by atoms with Gasteiger partial charge in [-0.05, 0) is 42.5 Å². The van der Waals surface area contributed by atoms with Crippen molar-refractivity contribution in [2.75, 3.05) is 18.5 Å². The van der Waals surface area contributed by atoms with Gasteiger partial charge in [0.1, 0.15) is 6.10 Å². The highest BCUT2D eigenvalue weighted by Crippen LogP contribution is 2.28. The highest BCUT2D eigenvalue weighted by atomic mass is 19.1. The van der Waals surface area contributed by atoms with Crippen molar-refractivity contribution in [1.82, 2.24) is 9.72 Å². The van der Waals surface area contributed by atoms with E-state index in [2.05, 4.69) is 10.5 Å². The van der Waals surface area contributed by atoms with E-state index in [1.807, 2.05) is 0 Å². The molecule has 3 N–H and O–H groups in total. The van der Waals surface area contributed by atoms with Crippen LogP contribution in [0.4, 0.5) is 10.1 Å². The van der Waals surface area contributed by atoms with E-state index >= 15 is 0 Å². The molecule has 3 aromatic carbocycles. The number of nitrogens with two attached hydrogens (primary N) is 1. The zero-order valence-electron chi connectivity index (χ0n) is 26.0. The predicted molar refractivity (Wildman–Crippen MR) is 172 cm³/mol. The second kappa shape index (κ2) is 13.9. The van der Waals surface area contributed by atoms with E-state index in [4.69, 9.17) is 24.5 Å². The summed E-state index contributed by atoms with van der Waals surface area (Å²) in [4.78, 5) is 64.4. The van der Waals surface area contributed by atoms with Crippen molar-refractivity contribution in [3.8, 4) is 11.4 Å². The molecule has 14 heteroatoms. The van der Waals surface area contributed by atoms with Crippen molar-refractivity contribution in [3.05, 3.63) is 118 Å². The molecule has 0 saturated carbocycles.